The number of nitrogens with zero attached hydrogens (tertiary/aromatic N) is 1. The molecule has 2 aliphatic heterocycles. The van der Waals surface area contributed by atoms with Crippen molar-refractivity contribution in [3.05, 3.63) is 22.1 Å². The van der Waals surface area contributed by atoms with Crippen molar-refractivity contribution in [3.63, 3.8) is 0 Å². The average Bonchev–Trinajstić information content (AvgIpc) is 2.75. The number of rotatable bonds is 2. The third kappa shape index (κ3) is 3.02. The zero-order valence-corrected chi connectivity index (χ0v) is 14.5. The number of morpholine rings is 1. The van der Waals surface area contributed by atoms with E-state index in [-0.39, 0.29) is 17.4 Å². The molecule has 2 heterocycles. The molecule has 3 aliphatic rings. The van der Waals surface area contributed by atoms with Crippen LogP contribution in [0.15, 0.2) is 22.1 Å². The summed E-state index contributed by atoms with van der Waals surface area (Å²) in [5.74, 6) is -3.66. The van der Waals surface area contributed by atoms with Crippen LogP contribution in [0, 0.1) is 5.92 Å². The number of carbonyl (C=O) groups is 2. The Hall–Kier alpha value is -1.38. The van der Waals surface area contributed by atoms with E-state index in [1.54, 1.807) is 6.08 Å². The van der Waals surface area contributed by atoms with Gasteiger partial charge in [0.1, 0.15) is 5.57 Å². The van der Waals surface area contributed by atoms with Crippen LogP contribution in [0.4, 0.5) is 0 Å². The third-order valence-electron chi connectivity index (χ3n) is 4.09. The molecule has 126 valence electrons. The highest BCUT2D eigenvalue weighted by Crippen LogP contribution is 2.39. The van der Waals surface area contributed by atoms with Crippen molar-refractivity contribution in [2.24, 2.45) is 5.92 Å². The lowest BCUT2D eigenvalue weighted by Gasteiger charge is -2.37. The van der Waals surface area contributed by atoms with E-state index in [4.69, 9.17) is 14.2 Å². The Morgan fingerprint density at radius 3 is 2.52 bits per heavy atom. The van der Waals surface area contributed by atoms with E-state index in [0.717, 1.165) is 0 Å². The van der Waals surface area contributed by atoms with Crippen LogP contribution >= 0.6 is 15.9 Å². The van der Waals surface area contributed by atoms with Gasteiger partial charge in [-0.15, -0.1) is 0 Å². The van der Waals surface area contributed by atoms with Crippen LogP contribution in [0.2, 0.25) is 0 Å². The van der Waals surface area contributed by atoms with E-state index in [9.17, 15) is 14.7 Å². The number of Topliss-reactive ketones (excluding diaryl/α,β-unsaturated/α-hetero) is 1. The molecule has 1 saturated heterocycles. The van der Waals surface area contributed by atoms with Crippen molar-refractivity contribution >= 4 is 27.7 Å². The van der Waals surface area contributed by atoms with E-state index in [1.807, 2.05) is 4.90 Å². The van der Waals surface area contributed by atoms with Gasteiger partial charge in [0, 0.05) is 33.0 Å². The van der Waals surface area contributed by atoms with E-state index >= 15 is 0 Å². The first kappa shape index (κ1) is 16.5. The molecule has 1 aliphatic carbocycles. The summed E-state index contributed by atoms with van der Waals surface area (Å²) in [6, 6.07) is -0.352. The Morgan fingerprint density at radius 1 is 1.26 bits per heavy atom. The first-order chi connectivity index (χ1) is 10.8. The summed E-state index contributed by atoms with van der Waals surface area (Å²) < 4.78 is 16.1. The van der Waals surface area contributed by atoms with Crippen LogP contribution in [0.25, 0.3) is 0 Å². The molecule has 0 saturated carbocycles. The lowest BCUT2D eigenvalue weighted by Crippen LogP contribution is -2.49. The molecular weight excluding hydrogens is 370 g/mol. The fourth-order valence-electron chi connectivity index (χ4n) is 3.06. The first-order valence-electron chi connectivity index (χ1n) is 7.39. The Kier molecular flexibility index (Phi) is 4.24. The highest BCUT2D eigenvalue weighted by Gasteiger charge is 2.49. The normalized spacial score (nSPS) is 31.7. The minimum absolute atomic E-state index is 0.128. The van der Waals surface area contributed by atoms with Gasteiger partial charge in [-0.25, -0.2) is 4.79 Å². The highest BCUT2D eigenvalue weighted by molar-refractivity contribution is 9.12. The van der Waals surface area contributed by atoms with E-state index in [1.165, 1.54) is 13.8 Å². The molecule has 1 N–H and O–H groups in total. The number of aliphatic hydroxyl groups excluding tert-OH is 1. The van der Waals surface area contributed by atoms with Crippen molar-refractivity contribution < 1.29 is 28.9 Å². The minimum atomic E-state index is -1.26. The molecule has 1 fully saturated rings. The molecule has 7 nitrogen and oxygen atoms in total. The number of ether oxygens (including phenoxy) is 3. The standard InChI is InChI=1S/C15H18BrNO6/c1-15(2)22-13(19)11(14(20)23-15)10-9(7-8(16)12(10)18)17-3-5-21-6-4-17/h7,9-10,19H,3-6H2,1-2H3/t9-,10+/m1/s1. The summed E-state index contributed by atoms with van der Waals surface area (Å²) in [6.45, 7) is 5.43. The maximum absolute atomic E-state index is 12.5. The summed E-state index contributed by atoms with van der Waals surface area (Å²) in [4.78, 5) is 26.9. The molecule has 0 radical (unpaired) electrons. The Bertz CT molecular complexity index is 605. The molecule has 0 aromatic heterocycles. The molecule has 23 heavy (non-hydrogen) atoms. The molecule has 0 unspecified atom stereocenters. The van der Waals surface area contributed by atoms with Crippen molar-refractivity contribution in [1.82, 2.24) is 4.90 Å². The largest absolute Gasteiger partial charge is 0.480 e. The van der Waals surface area contributed by atoms with Gasteiger partial charge in [0.2, 0.25) is 0 Å². The van der Waals surface area contributed by atoms with Crippen LogP contribution in [0.3, 0.4) is 0 Å². The average molecular weight is 388 g/mol. The van der Waals surface area contributed by atoms with E-state index in [2.05, 4.69) is 15.9 Å². The summed E-state index contributed by atoms with van der Waals surface area (Å²) >= 11 is 3.24. The number of cyclic esters (lactones) is 1. The number of hydrogen-bond acceptors (Lipinski definition) is 7. The van der Waals surface area contributed by atoms with Crippen LogP contribution in [0.5, 0.6) is 0 Å². The molecule has 8 heteroatoms. The number of allylic oxidation sites excluding steroid dienone is 1. The van der Waals surface area contributed by atoms with Gasteiger partial charge < -0.3 is 19.3 Å². The van der Waals surface area contributed by atoms with Crippen LogP contribution in [0.1, 0.15) is 13.8 Å². The summed E-state index contributed by atoms with van der Waals surface area (Å²) in [7, 11) is 0. The van der Waals surface area contributed by atoms with Crippen molar-refractivity contribution in [1.29, 1.82) is 0 Å². The predicted octanol–water partition coefficient (Wildman–Crippen LogP) is 1.24. The van der Waals surface area contributed by atoms with E-state index in [0.29, 0.717) is 30.8 Å². The van der Waals surface area contributed by atoms with Gasteiger partial charge in [-0.3, -0.25) is 9.69 Å². The van der Waals surface area contributed by atoms with Gasteiger partial charge in [0.15, 0.2) is 5.78 Å². The number of esters is 1. The Morgan fingerprint density at radius 2 is 1.91 bits per heavy atom. The summed E-state index contributed by atoms with van der Waals surface area (Å²) in [5, 5.41) is 10.2. The zero-order chi connectivity index (χ0) is 16.8. The monoisotopic (exact) mass is 387 g/mol. The molecule has 0 amide bonds. The van der Waals surface area contributed by atoms with Crippen molar-refractivity contribution in [3.8, 4) is 0 Å². The molecule has 3 rings (SSSR count). The minimum Gasteiger partial charge on any atom is -0.480 e. The molecule has 0 aromatic carbocycles. The van der Waals surface area contributed by atoms with Gasteiger partial charge in [0.25, 0.3) is 11.7 Å². The molecule has 0 spiro atoms. The Balaban J connectivity index is 1.95. The van der Waals surface area contributed by atoms with Gasteiger partial charge in [-0.1, -0.05) is 0 Å². The first-order valence-corrected chi connectivity index (χ1v) is 8.18. The van der Waals surface area contributed by atoms with E-state index < -0.39 is 23.6 Å². The maximum Gasteiger partial charge on any atom is 0.345 e. The fraction of sp³-hybridized carbons (Fsp3) is 0.600. The van der Waals surface area contributed by atoms with Crippen LogP contribution in [-0.2, 0) is 23.8 Å². The number of hydrogen-bond donors (Lipinski definition) is 1. The summed E-state index contributed by atoms with van der Waals surface area (Å²) in [6.07, 6.45) is 1.76. The smallest absolute Gasteiger partial charge is 0.345 e. The fourth-order valence-corrected chi connectivity index (χ4v) is 3.58. The topological polar surface area (TPSA) is 85.3 Å². The molecule has 0 bridgehead atoms. The highest BCUT2D eigenvalue weighted by atomic mass is 79.9. The second-order valence-electron chi connectivity index (χ2n) is 6.11. The predicted molar refractivity (Wildman–Crippen MR) is 82.6 cm³/mol. The quantitative estimate of drug-likeness (QED) is 0.713. The maximum atomic E-state index is 12.5. The van der Waals surface area contributed by atoms with Gasteiger partial charge in [-0.05, 0) is 22.0 Å². The van der Waals surface area contributed by atoms with Gasteiger partial charge in [0.05, 0.1) is 23.6 Å². The second-order valence-corrected chi connectivity index (χ2v) is 6.96. The van der Waals surface area contributed by atoms with Crippen LogP contribution in [-0.4, -0.2) is 59.9 Å². The molecule has 0 aromatic rings. The lowest BCUT2D eigenvalue weighted by atomic mass is 9.90. The van der Waals surface area contributed by atoms with Crippen molar-refractivity contribution in [2.45, 2.75) is 25.7 Å². The molecule has 2 atom stereocenters. The zero-order valence-electron chi connectivity index (χ0n) is 12.9. The van der Waals surface area contributed by atoms with Gasteiger partial charge in [-0.2, -0.15) is 0 Å². The number of aliphatic hydroxyl groups is 1. The third-order valence-corrected chi connectivity index (χ3v) is 4.74. The van der Waals surface area contributed by atoms with Crippen molar-refractivity contribution in [2.75, 3.05) is 26.3 Å². The number of ketones is 1. The van der Waals surface area contributed by atoms with Crippen LogP contribution < -0.4 is 0 Å². The number of carbonyl (C=O) groups excluding carboxylic acids is 2. The number of halogens is 1. The van der Waals surface area contributed by atoms with Gasteiger partial charge >= 0.3 is 5.97 Å². The molecular formula is C15H18BrNO6. The Labute approximate surface area is 142 Å². The second kappa shape index (κ2) is 5.92. The summed E-state index contributed by atoms with van der Waals surface area (Å²) in [5.41, 5.74) is -0.128. The lowest BCUT2D eigenvalue weighted by molar-refractivity contribution is -0.223. The SMILES string of the molecule is CC1(C)OC(=O)C([C@H]2C(=O)C(Br)=C[C@H]2N2CCOCC2)=C(O)O1.